The molecule has 1 N–H and O–H groups in total. The van der Waals surface area contributed by atoms with Crippen LogP contribution in [-0.4, -0.2) is 40.6 Å². The van der Waals surface area contributed by atoms with Crippen molar-refractivity contribution in [3.05, 3.63) is 95.8 Å². The highest BCUT2D eigenvalue weighted by molar-refractivity contribution is 7.85. The zero-order valence-electron chi connectivity index (χ0n) is 22.9. The van der Waals surface area contributed by atoms with E-state index in [1.165, 1.54) is 0 Å². The van der Waals surface area contributed by atoms with Gasteiger partial charge in [0, 0.05) is 18.7 Å². The Morgan fingerprint density at radius 1 is 1.00 bits per heavy atom. The van der Waals surface area contributed by atoms with Gasteiger partial charge in [-0.1, -0.05) is 72.0 Å². The van der Waals surface area contributed by atoms with Crippen molar-refractivity contribution in [3.8, 4) is 16.9 Å². The van der Waals surface area contributed by atoms with Crippen LogP contribution in [0.5, 0.6) is 5.75 Å². The van der Waals surface area contributed by atoms with Gasteiger partial charge in [-0.2, -0.15) is 8.78 Å². The zero-order chi connectivity index (χ0) is 30.0. The molecule has 0 saturated heterocycles. The molecule has 1 aromatic heterocycles. The molecule has 1 aliphatic rings. The second-order valence-corrected chi connectivity index (χ2v) is 13.3. The fourth-order valence-electron chi connectivity index (χ4n) is 5.31. The molecule has 43 heavy (non-hydrogen) atoms. The molecule has 222 valence electrons. The van der Waals surface area contributed by atoms with Crippen molar-refractivity contribution in [1.82, 2.24) is 0 Å². The van der Waals surface area contributed by atoms with Crippen LogP contribution in [0, 0.1) is 0 Å². The first kappa shape index (κ1) is 29.4. The third kappa shape index (κ3) is 6.64. The van der Waals surface area contributed by atoms with Gasteiger partial charge in [-0.25, -0.2) is 8.42 Å². The largest absolute Gasteiger partial charge is 0.748 e. The third-order valence-electron chi connectivity index (χ3n) is 7.18. The number of fused-ring (bicyclic) bond motifs is 4. The first-order valence-corrected chi connectivity index (χ1v) is 17.1. The lowest BCUT2D eigenvalue weighted by atomic mass is 10.0. The number of benzene rings is 4. The van der Waals surface area contributed by atoms with Crippen LogP contribution in [0.2, 0.25) is 0 Å². The third-order valence-corrected chi connectivity index (χ3v) is 9.44. The Balaban J connectivity index is 1.43. The highest BCUT2D eigenvalue weighted by Crippen LogP contribution is 2.42. The molecule has 5 aromatic rings. The van der Waals surface area contributed by atoms with E-state index in [-0.39, 0.29) is 13.0 Å². The summed E-state index contributed by atoms with van der Waals surface area (Å²) in [5.74, 6) is 0.778. The second-order valence-electron chi connectivity index (χ2n) is 10.0. The van der Waals surface area contributed by atoms with Gasteiger partial charge in [0.1, 0.15) is 4.70 Å². The van der Waals surface area contributed by atoms with Crippen molar-refractivity contribution in [2.45, 2.75) is 19.4 Å². The van der Waals surface area contributed by atoms with Gasteiger partial charge in [0.2, 0.25) is 11.4 Å². The van der Waals surface area contributed by atoms with Crippen LogP contribution in [0.4, 0.5) is 5.69 Å². The SMILES string of the molecule is O=S(O)OCCCN1C(=Cc2sc3ccc4ccccc4c3[n+]2CCCS(=O)(=O)[O-])Oc2ccc(-c3ccccc3)cc21. The van der Waals surface area contributed by atoms with Crippen LogP contribution in [0.1, 0.15) is 17.8 Å². The second kappa shape index (κ2) is 12.5. The van der Waals surface area contributed by atoms with E-state index in [0.29, 0.717) is 31.1 Å². The van der Waals surface area contributed by atoms with Gasteiger partial charge in [0.15, 0.2) is 12.3 Å². The van der Waals surface area contributed by atoms with Crippen LogP contribution >= 0.6 is 11.3 Å². The molecular formula is C31H28N2O7S3. The number of aryl methyl sites for hydroxylation is 1. The molecule has 0 fully saturated rings. The molecule has 0 saturated carbocycles. The van der Waals surface area contributed by atoms with Gasteiger partial charge < -0.3 is 14.2 Å². The van der Waals surface area contributed by atoms with Crippen molar-refractivity contribution >= 4 is 65.6 Å². The van der Waals surface area contributed by atoms with Crippen molar-refractivity contribution in [1.29, 1.82) is 0 Å². The minimum Gasteiger partial charge on any atom is -0.748 e. The maximum atomic E-state index is 11.4. The summed E-state index contributed by atoms with van der Waals surface area (Å²) in [7, 11) is -4.36. The summed E-state index contributed by atoms with van der Waals surface area (Å²) in [5.41, 5.74) is 3.90. The van der Waals surface area contributed by atoms with Gasteiger partial charge in [0.05, 0.1) is 33.9 Å². The maximum Gasteiger partial charge on any atom is 0.301 e. The van der Waals surface area contributed by atoms with Crippen LogP contribution in [0.3, 0.4) is 0 Å². The molecule has 12 heteroatoms. The van der Waals surface area contributed by atoms with E-state index in [9.17, 15) is 17.2 Å². The molecule has 0 bridgehead atoms. The number of anilines is 1. The topological polar surface area (TPSA) is 120 Å². The molecule has 1 atom stereocenters. The Morgan fingerprint density at radius 3 is 2.58 bits per heavy atom. The molecule has 0 aliphatic carbocycles. The highest BCUT2D eigenvalue weighted by atomic mass is 32.2. The number of aromatic nitrogens is 1. The summed E-state index contributed by atoms with van der Waals surface area (Å²) in [4.78, 5) is 2.01. The number of thiazole rings is 1. The normalized spacial score (nSPS) is 14.8. The van der Waals surface area contributed by atoms with E-state index in [2.05, 4.69) is 16.7 Å². The van der Waals surface area contributed by atoms with Crippen LogP contribution in [0.25, 0.3) is 38.2 Å². The molecule has 2 heterocycles. The predicted molar refractivity (Wildman–Crippen MR) is 168 cm³/mol. The lowest BCUT2D eigenvalue weighted by molar-refractivity contribution is -0.667. The molecule has 0 spiro atoms. The average molecular weight is 637 g/mol. The molecule has 1 aliphatic heterocycles. The Bertz CT molecular complexity index is 1960. The standard InChI is InChI=1S/C31H28N2O7S3/c34-42(35)39-18-6-16-32-26-20-24(22-8-2-1-3-9-22)12-14-27(26)40-29(32)21-30-33(17-7-19-43(36,37)38)31-25-11-5-4-10-23(25)13-15-28(31)41-30/h1-5,8-15,20-21H,6-7,16-19H2,(H-,34,35,36,37,38). The summed E-state index contributed by atoms with van der Waals surface area (Å²) in [5, 5.41) is 2.91. The fraction of sp³-hybridized carbons (Fsp3) is 0.194. The van der Waals surface area contributed by atoms with Gasteiger partial charge in [-0.15, -0.1) is 0 Å². The van der Waals surface area contributed by atoms with Gasteiger partial charge in [0.25, 0.3) is 5.01 Å². The van der Waals surface area contributed by atoms with E-state index in [0.717, 1.165) is 42.8 Å². The molecule has 1 unspecified atom stereocenters. The highest BCUT2D eigenvalue weighted by Gasteiger charge is 2.30. The Morgan fingerprint density at radius 2 is 1.79 bits per heavy atom. The molecule has 0 amide bonds. The lowest BCUT2D eigenvalue weighted by Crippen LogP contribution is -2.36. The number of rotatable bonds is 11. The van der Waals surface area contributed by atoms with Gasteiger partial charge in [-0.3, -0.25) is 8.74 Å². The van der Waals surface area contributed by atoms with E-state index in [1.807, 2.05) is 83.8 Å². The quantitative estimate of drug-likeness (QED) is 0.0851. The van der Waals surface area contributed by atoms with Crippen molar-refractivity contribution in [2.75, 3.05) is 23.8 Å². The summed E-state index contributed by atoms with van der Waals surface area (Å²) in [6.45, 7) is 0.867. The van der Waals surface area contributed by atoms with Crippen LogP contribution < -0.4 is 14.2 Å². The first-order valence-electron chi connectivity index (χ1n) is 13.7. The lowest BCUT2D eigenvalue weighted by Gasteiger charge is -2.18. The summed E-state index contributed by atoms with van der Waals surface area (Å²) in [6.07, 6.45) is 2.56. The molecule has 9 nitrogen and oxygen atoms in total. The molecular weight excluding hydrogens is 609 g/mol. The smallest absolute Gasteiger partial charge is 0.301 e. The van der Waals surface area contributed by atoms with E-state index < -0.39 is 27.2 Å². The van der Waals surface area contributed by atoms with Crippen molar-refractivity contribution in [2.24, 2.45) is 0 Å². The maximum absolute atomic E-state index is 11.4. The molecule has 4 aromatic carbocycles. The number of ether oxygens (including phenoxy) is 1. The Kier molecular flexibility index (Phi) is 8.57. The van der Waals surface area contributed by atoms with Crippen molar-refractivity contribution < 1.29 is 35.2 Å². The van der Waals surface area contributed by atoms with E-state index in [1.54, 1.807) is 11.3 Å². The van der Waals surface area contributed by atoms with E-state index >= 15 is 0 Å². The van der Waals surface area contributed by atoms with Gasteiger partial charge in [-0.05, 0) is 47.2 Å². The average Bonchev–Trinajstić information content (AvgIpc) is 3.52. The number of hydrogen-bond acceptors (Lipinski definition) is 8. The van der Waals surface area contributed by atoms with E-state index in [4.69, 9.17) is 13.5 Å². The number of hydrogen-bond donors (Lipinski definition) is 1. The van der Waals surface area contributed by atoms with Crippen molar-refractivity contribution in [3.63, 3.8) is 0 Å². The predicted octanol–water partition coefficient (Wildman–Crippen LogP) is 5.69. The summed E-state index contributed by atoms with van der Waals surface area (Å²) in [6, 6.07) is 28.1. The summed E-state index contributed by atoms with van der Waals surface area (Å²) < 4.78 is 68.7. The zero-order valence-corrected chi connectivity index (χ0v) is 25.4. The monoisotopic (exact) mass is 636 g/mol. The minimum absolute atomic E-state index is 0.0825. The minimum atomic E-state index is -4.36. The summed E-state index contributed by atoms with van der Waals surface area (Å²) >= 11 is -0.796. The van der Waals surface area contributed by atoms with Crippen LogP contribution in [-0.2, 0) is 32.2 Å². The van der Waals surface area contributed by atoms with Gasteiger partial charge >= 0.3 is 11.4 Å². The molecule has 6 rings (SSSR count). The number of nitrogens with zero attached hydrogens (tertiary/aromatic N) is 2. The molecule has 0 radical (unpaired) electrons. The Hall–Kier alpha value is -3.65. The fourth-order valence-corrected chi connectivity index (χ4v) is 7.18. The van der Waals surface area contributed by atoms with Crippen LogP contribution in [0.15, 0.2) is 90.8 Å². The first-order chi connectivity index (χ1) is 20.8. The Labute approximate surface area is 255 Å².